The van der Waals surface area contributed by atoms with Gasteiger partial charge in [0.15, 0.2) is 0 Å². The van der Waals surface area contributed by atoms with Crippen LogP contribution in [0.15, 0.2) is 12.5 Å². The largest absolute Gasteiger partial charge is 0.457 e. The first-order chi connectivity index (χ1) is 8.33. The van der Waals surface area contributed by atoms with Gasteiger partial charge in [0.1, 0.15) is 12.5 Å². The van der Waals surface area contributed by atoms with Crippen LogP contribution in [0.4, 0.5) is 0 Å². The molecule has 0 fully saturated rings. The van der Waals surface area contributed by atoms with Gasteiger partial charge in [-0.2, -0.15) is 0 Å². The Morgan fingerprint density at radius 3 is 1.59 bits per heavy atom. The molecule has 0 aromatic carbocycles. The Bertz CT molecular complexity index is 197. The van der Waals surface area contributed by atoms with Crippen LogP contribution in [0, 0.1) is 0 Å². The monoisotopic (exact) mass is 368 g/mol. The number of hydrogen-bond acceptors (Lipinski definition) is 2. The van der Waals surface area contributed by atoms with Crippen molar-refractivity contribution in [1.82, 2.24) is 0 Å². The molecule has 1 aliphatic rings. The Kier molecular flexibility index (Phi) is 8.36. The van der Waals surface area contributed by atoms with E-state index in [0.29, 0.717) is 0 Å². The molecule has 2 nitrogen and oxygen atoms in total. The molecule has 1 aliphatic heterocycles. The van der Waals surface area contributed by atoms with Crippen LogP contribution in [0.25, 0.3) is 0 Å². The highest BCUT2D eigenvalue weighted by Gasteiger charge is 2.34. The van der Waals surface area contributed by atoms with Crippen LogP contribution in [0.1, 0.15) is 51.4 Å². The lowest BCUT2D eigenvalue weighted by Crippen LogP contribution is -2.29. The van der Waals surface area contributed by atoms with E-state index in [1.807, 2.05) is 0 Å². The van der Waals surface area contributed by atoms with Crippen molar-refractivity contribution < 1.29 is 9.47 Å². The molecule has 0 aromatic rings. The highest BCUT2D eigenvalue weighted by molar-refractivity contribution is 9.09. The number of rotatable bonds is 10. The van der Waals surface area contributed by atoms with Crippen molar-refractivity contribution in [2.24, 2.45) is 0 Å². The highest BCUT2D eigenvalue weighted by Crippen LogP contribution is 2.32. The second kappa shape index (κ2) is 9.26. The molecule has 0 saturated carbocycles. The van der Waals surface area contributed by atoms with Crippen LogP contribution in [0.2, 0.25) is 0 Å². The predicted octanol–water partition coefficient (Wildman–Crippen LogP) is 5.11. The average Bonchev–Trinajstić information content (AvgIpc) is 2.80. The van der Waals surface area contributed by atoms with E-state index in [-0.39, 0.29) is 5.79 Å². The molecule has 0 N–H and O–H groups in total. The van der Waals surface area contributed by atoms with E-state index in [9.17, 15) is 0 Å². The number of hydrogen-bond donors (Lipinski definition) is 0. The lowest BCUT2D eigenvalue weighted by atomic mass is 10.0. The fourth-order valence-corrected chi connectivity index (χ4v) is 2.82. The Labute approximate surface area is 121 Å². The summed E-state index contributed by atoms with van der Waals surface area (Å²) in [4.78, 5) is 0. The van der Waals surface area contributed by atoms with Crippen LogP contribution in [-0.2, 0) is 9.47 Å². The quantitative estimate of drug-likeness (QED) is 0.393. The van der Waals surface area contributed by atoms with Gasteiger partial charge in [-0.15, -0.1) is 0 Å². The summed E-state index contributed by atoms with van der Waals surface area (Å²) in [5, 5.41) is 2.18. The number of ether oxygens (including phenoxy) is 2. The third-order valence-electron chi connectivity index (χ3n) is 3.00. The van der Waals surface area contributed by atoms with E-state index < -0.39 is 0 Å². The molecule has 1 rings (SSSR count). The van der Waals surface area contributed by atoms with Gasteiger partial charge in [-0.1, -0.05) is 44.7 Å². The fraction of sp³-hybridized carbons (Fsp3) is 0.846. The SMILES string of the molecule is BrCCCCCC1(CCCCCBr)OC=CO1. The first-order valence-corrected chi connectivity index (χ1v) is 8.70. The Morgan fingerprint density at radius 1 is 0.706 bits per heavy atom. The lowest BCUT2D eigenvalue weighted by Gasteiger charge is -2.27. The fourth-order valence-electron chi connectivity index (χ4n) is 2.02. The summed E-state index contributed by atoms with van der Waals surface area (Å²) in [6.07, 6.45) is 12.7. The van der Waals surface area contributed by atoms with E-state index in [1.165, 1.54) is 38.5 Å². The third-order valence-corrected chi connectivity index (χ3v) is 4.13. The standard InChI is InChI=1S/C13H22Br2O2/c14-9-5-1-3-7-13(16-11-12-17-13)8-4-2-6-10-15/h11-12H,1-10H2. The minimum atomic E-state index is -0.349. The zero-order chi connectivity index (χ0) is 12.4. The molecule has 0 amide bonds. The van der Waals surface area contributed by atoms with Gasteiger partial charge >= 0.3 is 0 Å². The van der Waals surface area contributed by atoms with Crippen molar-refractivity contribution >= 4 is 31.9 Å². The lowest BCUT2D eigenvalue weighted by molar-refractivity contribution is -0.153. The summed E-state index contributed by atoms with van der Waals surface area (Å²) in [5.74, 6) is -0.349. The molecule has 17 heavy (non-hydrogen) atoms. The number of halogens is 2. The first-order valence-electron chi connectivity index (χ1n) is 6.45. The zero-order valence-electron chi connectivity index (χ0n) is 10.3. The molecule has 0 aliphatic carbocycles. The van der Waals surface area contributed by atoms with Crippen LogP contribution in [0.3, 0.4) is 0 Å². The van der Waals surface area contributed by atoms with Crippen molar-refractivity contribution in [3.8, 4) is 0 Å². The molecule has 100 valence electrons. The van der Waals surface area contributed by atoms with Crippen molar-refractivity contribution in [3.05, 3.63) is 12.5 Å². The van der Waals surface area contributed by atoms with E-state index in [0.717, 1.165) is 23.5 Å². The first kappa shape index (κ1) is 15.4. The topological polar surface area (TPSA) is 18.5 Å². The maximum atomic E-state index is 5.67. The van der Waals surface area contributed by atoms with Crippen molar-refractivity contribution in [3.63, 3.8) is 0 Å². The third kappa shape index (κ3) is 6.14. The molecule has 0 aromatic heterocycles. The van der Waals surface area contributed by atoms with Gasteiger partial charge in [0.2, 0.25) is 5.79 Å². The molecule has 0 spiro atoms. The van der Waals surface area contributed by atoms with Crippen molar-refractivity contribution in [2.45, 2.75) is 57.2 Å². The van der Waals surface area contributed by atoms with Crippen LogP contribution in [0.5, 0.6) is 0 Å². The van der Waals surface area contributed by atoms with Gasteiger partial charge in [0, 0.05) is 23.5 Å². The summed E-state index contributed by atoms with van der Waals surface area (Å²) < 4.78 is 11.3. The maximum Gasteiger partial charge on any atom is 0.249 e. The molecule has 0 radical (unpaired) electrons. The normalized spacial score (nSPS) is 16.8. The smallest absolute Gasteiger partial charge is 0.249 e. The van der Waals surface area contributed by atoms with Crippen molar-refractivity contribution in [1.29, 1.82) is 0 Å². The van der Waals surface area contributed by atoms with Gasteiger partial charge in [0.25, 0.3) is 0 Å². The minimum Gasteiger partial charge on any atom is -0.457 e. The zero-order valence-corrected chi connectivity index (χ0v) is 13.5. The highest BCUT2D eigenvalue weighted by atomic mass is 79.9. The maximum absolute atomic E-state index is 5.67. The summed E-state index contributed by atoms with van der Waals surface area (Å²) in [6.45, 7) is 0. The minimum absolute atomic E-state index is 0.349. The van der Waals surface area contributed by atoms with Gasteiger partial charge < -0.3 is 9.47 Å². The molecule has 0 atom stereocenters. The predicted molar refractivity (Wildman–Crippen MR) is 78.6 cm³/mol. The summed E-state index contributed by atoms with van der Waals surface area (Å²) in [5.41, 5.74) is 0. The molecule has 0 bridgehead atoms. The Morgan fingerprint density at radius 2 is 1.18 bits per heavy atom. The summed E-state index contributed by atoms with van der Waals surface area (Å²) >= 11 is 6.91. The second-order valence-corrected chi connectivity index (χ2v) is 6.00. The van der Waals surface area contributed by atoms with Crippen LogP contribution in [-0.4, -0.2) is 16.4 Å². The molecule has 0 saturated heterocycles. The summed E-state index contributed by atoms with van der Waals surface area (Å²) in [6, 6.07) is 0. The van der Waals surface area contributed by atoms with Gasteiger partial charge in [-0.25, -0.2) is 0 Å². The van der Waals surface area contributed by atoms with E-state index >= 15 is 0 Å². The Hall–Kier alpha value is 0.300. The van der Waals surface area contributed by atoms with E-state index in [1.54, 1.807) is 12.5 Å². The van der Waals surface area contributed by atoms with E-state index in [4.69, 9.17) is 9.47 Å². The van der Waals surface area contributed by atoms with Gasteiger partial charge in [-0.05, 0) is 25.7 Å². The van der Waals surface area contributed by atoms with E-state index in [2.05, 4.69) is 31.9 Å². The van der Waals surface area contributed by atoms with Gasteiger partial charge in [0.05, 0.1) is 0 Å². The van der Waals surface area contributed by atoms with Crippen LogP contribution >= 0.6 is 31.9 Å². The number of alkyl halides is 2. The average molecular weight is 370 g/mol. The molecule has 0 unspecified atom stereocenters. The van der Waals surface area contributed by atoms with Crippen molar-refractivity contribution in [2.75, 3.05) is 10.7 Å². The second-order valence-electron chi connectivity index (χ2n) is 4.42. The molecular weight excluding hydrogens is 348 g/mol. The number of unbranched alkanes of at least 4 members (excludes halogenated alkanes) is 4. The van der Waals surface area contributed by atoms with Crippen LogP contribution < -0.4 is 0 Å². The molecular formula is C13H22Br2O2. The molecule has 4 heteroatoms. The molecule has 1 heterocycles. The summed E-state index contributed by atoms with van der Waals surface area (Å²) in [7, 11) is 0. The van der Waals surface area contributed by atoms with Gasteiger partial charge in [-0.3, -0.25) is 0 Å². The Balaban J connectivity index is 2.20.